The van der Waals surface area contributed by atoms with Crippen LogP contribution in [0.15, 0.2) is 45.7 Å². The monoisotopic (exact) mass is 407 g/mol. The van der Waals surface area contributed by atoms with Crippen LogP contribution in [0.1, 0.15) is 19.1 Å². The number of carboxylic acids is 1. The fourth-order valence-electron chi connectivity index (χ4n) is 2.58. The Hall–Kier alpha value is -2.09. The van der Waals surface area contributed by atoms with Crippen molar-refractivity contribution in [1.29, 1.82) is 0 Å². The molecule has 1 atom stereocenters. The van der Waals surface area contributed by atoms with E-state index in [1.165, 1.54) is 0 Å². The van der Waals surface area contributed by atoms with Gasteiger partial charge in [0.15, 0.2) is 0 Å². The first-order valence-corrected chi connectivity index (χ1v) is 9.37. The Labute approximate surface area is 164 Å². The van der Waals surface area contributed by atoms with Gasteiger partial charge in [0.1, 0.15) is 21.9 Å². The molecule has 3 rings (SSSR count). The lowest BCUT2D eigenvalue weighted by Crippen LogP contribution is -2.43. The summed E-state index contributed by atoms with van der Waals surface area (Å²) in [5.41, 5.74) is 0.748. The molecule has 0 unspecified atom stereocenters. The summed E-state index contributed by atoms with van der Waals surface area (Å²) < 4.78 is 5.99. The fraction of sp³-hybridized carbons (Fsp3) is 0.167. The normalized spacial score (nSPS) is 17.2. The van der Waals surface area contributed by atoms with Crippen molar-refractivity contribution in [3.8, 4) is 11.3 Å². The summed E-state index contributed by atoms with van der Waals surface area (Å²) in [6.07, 6.45) is 1.83. The highest BCUT2D eigenvalue weighted by molar-refractivity contribution is 8.26. The number of thiocarbonyl (C=S) groups is 1. The summed E-state index contributed by atoms with van der Waals surface area (Å²) in [4.78, 5) is 25.4. The topological polar surface area (TPSA) is 70.8 Å². The Morgan fingerprint density at radius 3 is 2.77 bits per heavy atom. The predicted molar refractivity (Wildman–Crippen MR) is 106 cm³/mol. The largest absolute Gasteiger partial charge is 0.480 e. The molecule has 1 aliphatic heterocycles. The minimum Gasteiger partial charge on any atom is -0.480 e. The molecule has 134 valence electrons. The van der Waals surface area contributed by atoms with E-state index in [1.54, 1.807) is 31.2 Å². The van der Waals surface area contributed by atoms with E-state index in [4.69, 9.17) is 28.2 Å². The van der Waals surface area contributed by atoms with Crippen LogP contribution in [-0.4, -0.2) is 32.2 Å². The molecule has 2 heterocycles. The van der Waals surface area contributed by atoms with Gasteiger partial charge < -0.3 is 9.52 Å². The molecule has 1 aromatic carbocycles. The van der Waals surface area contributed by atoms with Crippen molar-refractivity contribution >= 4 is 57.9 Å². The molecule has 8 heteroatoms. The summed E-state index contributed by atoms with van der Waals surface area (Å²) >= 11 is 12.4. The van der Waals surface area contributed by atoms with Gasteiger partial charge in [-0.2, -0.15) is 0 Å². The number of hydrogen-bond donors (Lipinski definition) is 1. The SMILES string of the molecule is CC[C@@H](C(=O)O)N1C(=O)/C(=C\c2ccc(-c3ccccc3Cl)o2)SC1=S. The number of rotatable bonds is 5. The quantitative estimate of drug-likeness (QED) is 0.574. The minimum absolute atomic E-state index is 0.230. The van der Waals surface area contributed by atoms with Gasteiger partial charge >= 0.3 is 5.97 Å². The standard InChI is InChI=1S/C18H14ClNO4S2/c1-2-13(17(22)23)20-16(21)15(26-18(20)25)9-10-7-8-14(24-10)11-5-3-4-6-12(11)19/h3-9,13H,2H2,1H3,(H,22,23)/b15-9+/t13-/m0/s1. The summed E-state index contributed by atoms with van der Waals surface area (Å²) in [6.45, 7) is 1.70. The number of carboxylic acid groups (broad SMARTS) is 1. The second-order valence-electron chi connectivity index (χ2n) is 5.50. The van der Waals surface area contributed by atoms with Crippen LogP contribution in [0.5, 0.6) is 0 Å². The maximum Gasteiger partial charge on any atom is 0.326 e. The van der Waals surface area contributed by atoms with Gasteiger partial charge in [-0.1, -0.05) is 54.6 Å². The smallest absolute Gasteiger partial charge is 0.326 e. The van der Waals surface area contributed by atoms with E-state index in [-0.39, 0.29) is 10.7 Å². The molecule has 0 aliphatic carbocycles. The van der Waals surface area contributed by atoms with Gasteiger partial charge in [-0.15, -0.1) is 0 Å². The van der Waals surface area contributed by atoms with Crippen LogP contribution in [0.4, 0.5) is 0 Å². The van der Waals surface area contributed by atoms with Crippen molar-refractivity contribution in [2.75, 3.05) is 0 Å². The number of furan rings is 1. The average molecular weight is 408 g/mol. The van der Waals surface area contributed by atoms with Gasteiger partial charge in [0.25, 0.3) is 5.91 Å². The Morgan fingerprint density at radius 1 is 1.38 bits per heavy atom. The Kier molecular flexibility index (Phi) is 5.50. The molecule has 1 saturated heterocycles. The first kappa shape index (κ1) is 18.7. The Bertz CT molecular complexity index is 921. The second-order valence-corrected chi connectivity index (χ2v) is 7.58. The summed E-state index contributed by atoms with van der Waals surface area (Å²) in [5, 5.41) is 9.85. The molecule has 26 heavy (non-hydrogen) atoms. The molecule has 1 aliphatic rings. The highest BCUT2D eigenvalue weighted by Gasteiger charge is 2.39. The van der Waals surface area contributed by atoms with Crippen molar-refractivity contribution in [2.24, 2.45) is 0 Å². The Balaban J connectivity index is 1.88. The number of carbonyl (C=O) groups excluding carboxylic acids is 1. The molecule has 1 aromatic heterocycles. The van der Waals surface area contributed by atoms with Gasteiger partial charge in [0.05, 0.1) is 9.93 Å². The van der Waals surface area contributed by atoms with Crippen LogP contribution < -0.4 is 0 Å². The lowest BCUT2D eigenvalue weighted by molar-refractivity contribution is -0.145. The maximum atomic E-state index is 12.6. The van der Waals surface area contributed by atoms with Crippen molar-refractivity contribution in [3.63, 3.8) is 0 Å². The number of halogens is 1. The van der Waals surface area contributed by atoms with E-state index in [0.717, 1.165) is 22.2 Å². The molecule has 1 amide bonds. The molecule has 0 saturated carbocycles. The van der Waals surface area contributed by atoms with E-state index in [2.05, 4.69) is 0 Å². The van der Waals surface area contributed by atoms with Gasteiger partial charge in [-0.05, 0) is 30.7 Å². The van der Waals surface area contributed by atoms with Gasteiger partial charge in [-0.25, -0.2) is 4.79 Å². The number of aliphatic carboxylic acids is 1. The Morgan fingerprint density at radius 2 is 2.12 bits per heavy atom. The van der Waals surface area contributed by atoms with Crippen molar-refractivity contribution in [1.82, 2.24) is 4.90 Å². The number of hydrogen-bond acceptors (Lipinski definition) is 5. The van der Waals surface area contributed by atoms with Crippen LogP contribution in [0.3, 0.4) is 0 Å². The summed E-state index contributed by atoms with van der Waals surface area (Å²) in [7, 11) is 0. The molecular weight excluding hydrogens is 394 g/mol. The molecule has 1 N–H and O–H groups in total. The lowest BCUT2D eigenvalue weighted by atomic mass is 10.2. The third-order valence-electron chi connectivity index (χ3n) is 3.85. The first-order valence-electron chi connectivity index (χ1n) is 7.77. The van der Waals surface area contributed by atoms with E-state index in [0.29, 0.717) is 21.4 Å². The average Bonchev–Trinajstić information content (AvgIpc) is 3.16. The van der Waals surface area contributed by atoms with Crippen molar-refractivity contribution < 1.29 is 19.1 Å². The van der Waals surface area contributed by atoms with Crippen LogP contribution in [0, 0.1) is 0 Å². The van der Waals surface area contributed by atoms with Gasteiger partial charge in [-0.3, -0.25) is 9.69 Å². The van der Waals surface area contributed by atoms with E-state index in [1.807, 2.05) is 18.2 Å². The molecule has 2 aromatic rings. The van der Waals surface area contributed by atoms with Crippen LogP contribution in [0.2, 0.25) is 5.02 Å². The third kappa shape index (κ3) is 3.56. The third-order valence-corrected chi connectivity index (χ3v) is 5.51. The zero-order valence-electron chi connectivity index (χ0n) is 13.6. The van der Waals surface area contributed by atoms with Gasteiger partial charge in [0.2, 0.25) is 0 Å². The highest BCUT2D eigenvalue weighted by atomic mass is 35.5. The van der Waals surface area contributed by atoms with Crippen LogP contribution in [-0.2, 0) is 9.59 Å². The van der Waals surface area contributed by atoms with Crippen LogP contribution in [0.25, 0.3) is 17.4 Å². The molecule has 1 fully saturated rings. The number of carbonyl (C=O) groups is 2. The fourth-order valence-corrected chi connectivity index (χ4v) is 4.15. The molecule has 0 radical (unpaired) electrons. The van der Waals surface area contributed by atoms with Crippen LogP contribution >= 0.6 is 35.6 Å². The summed E-state index contributed by atoms with van der Waals surface area (Å²) in [5.74, 6) is -0.466. The van der Waals surface area contributed by atoms with Crippen molar-refractivity contribution in [2.45, 2.75) is 19.4 Å². The molecular formula is C18H14ClNO4S2. The molecule has 0 spiro atoms. The van der Waals surface area contributed by atoms with E-state index < -0.39 is 17.9 Å². The number of amides is 1. The molecule has 0 bridgehead atoms. The highest BCUT2D eigenvalue weighted by Crippen LogP contribution is 2.36. The number of benzene rings is 1. The van der Waals surface area contributed by atoms with Crippen molar-refractivity contribution in [3.05, 3.63) is 52.1 Å². The van der Waals surface area contributed by atoms with Gasteiger partial charge in [0, 0.05) is 11.6 Å². The van der Waals surface area contributed by atoms with E-state index >= 15 is 0 Å². The molecule has 5 nitrogen and oxygen atoms in total. The zero-order valence-corrected chi connectivity index (χ0v) is 16.0. The number of thioether (sulfide) groups is 1. The second kappa shape index (κ2) is 7.65. The minimum atomic E-state index is -1.08. The lowest BCUT2D eigenvalue weighted by Gasteiger charge is -2.21. The first-order chi connectivity index (χ1) is 12.4. The summed E-state index contributed by atoms with van der Waals surface area (Å²) in [6, 6.07) is 9.80. The number of nitrogens with zero attached hydrogens (tertiary/aromatic N) is 1. The van der Waals surface area contributed by atoms with E-state index in [9.17, 15) is 14.7 Å². The predicted octanol–water partition coefficient (Wildman–Crippen LogP) is 4.66. The maximum absolute atomic E-state index is 12.6. The zero-order chi connectivity index (χ0) is 18.8.